The normalized spacial score (nSPS) is 14.6. The monoisotopic (exact) mass is 863 g/mol. The van der Waals surface area contributed by atoms with Crippen molar-refractivity contribution in [2.45, 2.75) is 148 Å². The number of unbranched alkanes of at least 4 members (excludes halogenated alkanes) is 3. The van der Waals surface area contributed by atoms with E-state index in [1.165, 1.54) is 19.2 Å². The number of rotatable bonds is 23. The summed E-state index contributed by atoms with van der Waals surface area (Å²) in [5.41, 5.74) is 0.222. The zero-order valence-electron chi connectivity index (χ0n) is 36.4. The number of carbonyl (C=O) groups is 5. The van der Waals surface area contributed by atoms with Gasteiger partial charge < -0.3 is 30.2 Å². The third kappa shape index (κ3) is 18.8. The van der Waals surface area contributed by atoms with Gasteiger partial charge in [0.25, 0.3) is 0 Å². The van der Waals surface area contributed by atoms with E-state index in [2.05, 4.69) is 16.0 Å². The van der Waals surface area contributed by atoms with Gasteiger partial charge in [-0.05, 0) is 103 Å². The van der Waals surface area contributed by atoms with Gasteiger partial charge in [-0.15, -0.1) is 0 Å². The second kappa shape index (κ2) is 23.7. The second-order valence-electron chi connectivity index (χ2n) is 17.0. The van der Waals surface area contributed by atoms with Crippen LogP contribution in [0.25, 0.3) is 11.1 Å². The Balaban J connectivity index is 2.36. The molecule has 0 fully saturated rings. The third-order valence-electron chi connectivity index (χ3n) is 9.34. The number of sulfone groups is 1. The number of hydrogen-bond acceptors (Lipinski definition) is 10. The summed E-state index contributed by atoms with van der Waals surface area (Å²) in [5.74, 6) is -4.81. The fraction of sp³-hybridized carbons (Fsp3) is 0.614. The average Bonchev–Trinajstić information content (AvgIpc) is 3.14. The number of methoxy groups -OCH3 is 1. The van der Waals surface area contributed by atoms with Crippen LogP contribution >= 0.6 is 11.6 Å². The Morgan fingerprint density at radius 2 is 1.34 bits per heavy atom. The number of nitrogens with one attached hydrogen (secondary N) is 3. The minimum atomic E-state index is -4.03. The van der Waals surface area contributed by atoms with Gasteiger partial charge in [-0.1, -0.05) is 75.4 Å². The Bertz CT molecular complexity index is 1790. The first kappa shape index (κ1) is 51.1. The number of hydrogen-bond donors (Lipinski definition) is 3. The molecule has 0 radical (unpaired) electrons. The summed E-state index contributed by atoms with van der Waals surface area (Å²) in [6.07, 6.45) is 2.02. The molecule has 0 heterocycles. The minimum Gasteiger partial charge on any atom is -0.467 e. The van der Waals surface area contributed by atoms with E-state index in [9.17, 15) is 32.4 Å². The summed E-state index contributed by atoms with van der Waals surface area (Å²) in [4.78, 5) is 66.2. The Morgan fingerprint density at radius 3 is 1.88 bits per heavy atom. The van der Waals surface area contributed by atoms with Crippen molar-refractivity contribution in [3.8, 4) is 11.1 Å². The van der Waals surface area contributed by atoms with Crippen LogP contribution in [0.5, 0.6) is 0 Å². The molecule has 0 aliphatic rings. The van der Waals surface area contributed by atoms with Crippen molar-refractivity contribution < 1.29 is 46.6 Å². The zero-order chi connectivity index (χ0) is 44.6. The SMILES string of the molecule is CCCCC[C@H](NC(=O)[C@H](C)CC(=O)[C@@H](NC(=O)[C@H](CCCCNC(=O)OC(C)(C)C)CS(=O)(=O)c1ccc(-c2ccc(Cl)cc2)cc1)[C@@H](C)OC(C)(C)C)C(=O)OC. The molecule has 5 atom stereocenters. The lowest BCUT2D eigenvalue weighted by atomic mass is 9.94. The van der Waals surface area contributed by atoms with E-state index in [0.29, 0.717) is 30.7 Å². The van der Waals surface area contributed by atoms with Gasteiger partial charge in [0.2, 0.25) is 11.8 Å². The summed E-state index contributed by atoms with van der Waals surface area (Å²) < 4.78 is 44.1. The molecule has 13 nitrogen and oxygen atoms in total. The molecule has 2 aromatic carbocycles. The molecule has 0 unspecified atom stereocenters. The lowest BCUT2D eigenvalue weighted by molar-refractivity contribution is -0.146. The maximum atomic E-state index is 14.2. The van der Waals surface area contributed by atoms with E-state index in [4.69, 9.17) is 25.8 Å². The molecular formula is C44H66ClN3O10S. The van der Waals surface area contributed by atoms with Crippen molar-refractivity contribution >= 4 is 51.1 Å². The van der Waals surface area contributed by atoms with E-state index < -0.39 is 86.5 Å². The number of amides is 3. The molecule has 0 saturated carbocycles. The number of carbonyl (C=O) groups excluding carboxylic acids is 5. The van der Waals surface area contributed by atoms with Crippen molar-refractivity contribution in [1.29, 1.82) is 0 Å². The highest BCUT2D eigenvalue weighted by molar-refractivity contribution is 7.91. The second-order valence-corrected chi connectivity index (χ2v) is 19.5. The van der Waals surface area contributed by atoms with Gasteiger partial charge in [0.15, 0.2) is 15.6 Å². The topological polar surface area (TPSA) is 183 Å². The smallest absolute Gasteiger partial charge is 0.407 e. The van der Waals surface area contributed by atoms with Crippen LogP contribution in [0.3, 0.4) is 0 Å². The fourth-order valence-corrected chi connectivity index (χ4v) is 8.07. The first-order valence-corrected chi connectivity index (χ1v) is 22.4. The highest BCUT2D eigenvalue weighted by Gasteiger charge is 2.36. The van der Waals surface area contributed by atoms with Gasteiger partial charge in [0.05, 0.1) is 35.4 Å². The molecule has 330 valence electrons. The van der Waals surface area contributed by atoms with E-state index in [-0.39, 0.29) is 24.3 Å². The molecule has 0 saturated heterocycles. The Kier molecular flexibility index (Phi) is 20.5. The molecule has 59 heavy (non-hydrogen) atoms. The van der Waals surface area contributed by atoms with Crippen LogP contribution < -0.4 is 16.0 Å². The van der Waals surface area contributed by atoms with Crippen molar-refractivity contribution in [1.82, 2.24) is 16.0 Å². The molecule has 3 N–H and O–H groups in total. The highest BCUT2D eigenvalue weighted by Crippen LogP contribution is 2.26. The number of ketones is 1. The van der Waals surface area contributed by atoms with Gasteiger partial charge in [0, 0.05) is 23.9 Å². The van der Waals surface area contributed by atoms with E-state index in [1.807, 2.05) is 19.1 Å². The largest absolute Gasteiger partial charge is 0.467 e. The van der Waals surface area contributed by atoms with Crippen LogP contribution in [0.4, 0.5) is 4.79 Å². The first-order chi connectivity index (χ1) is 27.5. The van der Waals surface area contributed by atoms with Crippen LogP contribution in [0, 0.1) is 11.8 Å². The summed E-state index contributed by atoms with van der Waals surface area (Å²) in [5, 5.41) is 8.76. The predicted octanol–water partition coefficient (Wildman–Crippen LogP) is 7.61. The van der Waals surface area contributed by atoms with Gasteiger partial charge >= 0.3 is 12.1 Å². The van der Waals surface area contributed by atoms with Gasteiger partial charge in [-0.3, -0.25) is 14.4 Å². The molecule has 2 aromatic rings. The van der Waals surface area contributed by atoms with Crippen LogP contribution in [0.1, 0.15) is 114 Å². The molecule has 3 amide bonds. The van der Waals surface area contributed by atoms with Crippen LogP contribution in [0.15, 0.2) is 53.4 Å². The van der Waals surface area contributed by atoms with Crippen molar-refractivity contribution in [2.75, 3.05) is 19.4 Å². The Morgan fingerprint density at radius 1 is 0.763 bits per heavy atom. The lowest BCUT2D eigenvalue weighted by Crippen LogP contribution is -2.53. The molecule has 0 aromatic heterocycles. The molecule has 2 rings (SSSR count). The standard InChI is InChI=1S/C44H66ClN3O10S/c1-11-12-13-17-36(41(52)56-10)47-39(50)29(2)27-37(49)38(30(3)57-43(4,5)6)48-40(51)33(16-14-15-26-46-42(53)58-44(7,8)9)28-59(54,55)35-24-20-32(21-25-35)31-18-22-34(45)23-19-31/h18-25,29-30,33,36,38H,11-17,26-28H2,1-10H3,(H,46,53)(H,47,50)(H,48,51)/t29-,30-,33-,36+,38+/m1/s1. The Labute approximate surface area is 356 Å². The van der Waals surface area contributed by atoms with Crippen LogP contribution in [-0.4, -0.2) is 86.9 Å². The summed E-state index contributed by atoms with van der Waals surface area (Å²) >= 11 is 6.03. The van der Waals surface area contributed by atoms with Crippen molar-refractivity contribution in [2.24, 2.45) is 11.8 Å². The number of alkyl carbamates (subject to hydrolysis) is 1. The quantitative estimate of drug-likeness (QED) is 0.0743. The number of benzene rings is 2. The van der Waals surface area contributed by atoms with Crippen LogP contribution in [-0.2, 0) is 43.2 Å². The predicted molar refractivity (Wildman–Crippen MR) is 230 cm³/mol. The van der Waals surface area contributed by atoms with E-state index in [0.717, 1.165) is 24.0 Å². The summed E-state index contributed by atoms with van der Waals surface area (Å²) in [6.45, 7) is 16.1. The average molecular weight is 865 g/mol. The summed E-state index contributed by atoms with van der Waals surface area (Å²) in [6, 6.07) is 11.4. The Hall–Kier alpha value is -4.01. The van der Waals surface area contributed by atoms with Crippen molar-refractivity contribution in [3.63, 3.8) is 0 Å². The van der Waals surface area contributed by atoms with Gasteiger partial charge in [0.1, 0.15) is 17.7 Å². The van der Waals surface area contributed by atoms with Gasteiger partial charge in [-0.25, -0.2) is 18.0 Å². The number of Topliss-reactive ketones (excluding diaryl/α,β-unsaturated/α-hetero) is 1. The third-order valence-corrected chi connectivity index (χ3v) is 11.4. The lowest BCUT2D eigenvalue weighted by Gasteiger charge is -2.32. The maximum Gasteiger partial charge on any atom is 0.407 e. The highest BCUT2D eigenvalue weighted by atomic mass is 35.5. The first-order valence-electron chi connectivity index (χ1n) is 20.4. The number of halogens is 1. The zero-order valence-corrected chi connectivity index (χ0v) is 38.0. The molecule has 0 bridgehead atoms. The van der Waals surface area contributed by atoms with E-state index >= 15 is 0 Å². The minimum absolute atomic E-state index is 0.0245. The molecule has 0 aliphatic heterocycles. The number of esters is 1. The maximum absolute atomic E-state index is 14.2. The van der Waals surface area contributed by atoms with Gasteiger partial charge in [-0.2, -0.15) is 0 Å². The number of ether oxygens (including phenoxy) is 3. The van der Waals surface area contributed by atoms with E-state index in [1.54, 1.807) is 79.7 Å². The molecule has 0 spiro atoms. The molecule has 15 heteroatoms. The van der Waals surface area contributed by atoms with Crippen LogP contribution in [0.2, 0.25) is 5.02 Å². The fourth-order valence-electron chi connectivity index (χ4n) is 6.35. The summed E-state index contributed by atoms with van der Waals surface area (Å²) in [7, 11) is -2.78. The molecular weight excluding hydrogens is 798 g/mol. The molecule has 0 aliphatic carbocycles. The van der Waals surface area contributed by atoms with Crippen molar-refractivity contribution in [3.05, 3.63) is 53.6 Å².